The van der Waals surface area contributed by atoms with Crippen LogP contribution < -0.4 is 5.73 Å². The summed E-state index contributed by atoms with van der Waals surface area (Å²) in [6.45, 7) is 6.56. The third-order valence-electron chi connectivity index (χ3n) is 4.33. The van der Waals surface area contributed by atoms with Crippen LogP contribution in [0.5, 0.6) is 0 Å². The Balaban J connectivity index is 1.98. The van der Waals surface area contributed by atoms with Crippen molar-refractivity contribution in [3.63, 3.8) is 0 Å². The number of nitrogens with two attached hydrogens (primary N) is 1. The summed E-state index contributed by atoms with van der Waals surface area (Å²) in [5.74, 6) is 0.786. The van der Waals surface area contributed by atoms with E-state index in [1.165, 1.54) is 28.6 Å². The molecule has 2 aromatic rings. The lowest BCUT2D eigenvalue weighted by molar-refractivity contribution is 0.193. The monoisotopic (exact) mass is 274 g/mol. The van der Waals surface area contributed by atoms with Gasteiger partial charge in [0.2, 0.25) is 0 Å². The molecule has 3 rings (SSSR count). The van der Waals surface area contributed by atoms with Crippen molar-refractivity contribution in [3.05, 3.63) is 35.2 Å². The lowest BCUT2D eigenvalue weighted by atomic mass is 10.0. The number of benzene rings is 1. The minimum atomic E-state index is 0.371. The molecule has 2 N–H and O–H groups in total. The second-order valence-corrected chi connectivity index (χ2v) is 6.74. The quantitative estimate of drug-likeness (QED) is 0.926. The van der Waals surface area contributed by atoms with Gasteiger partial charge < -0.3 is 5.73 Å². The predicted molar refractivity (Wildman–Crippen MR) is 83.6 cm³/mol. The molecule has 1 aliphatic rings. The van der Waals surface area contributed by atoms with Crippen molar-refractivity contribution in [2.45, 2.75) is 32.4 Å². The number of likely N-dealkylation sites (tertiary alicyclic amines) is 1. The highest BCUT2D eigenvalue weighted by Gasteiger charge is 2.32. The Kier molecular flexibility index (Phi) is 3.61. The molecule has 0 radical (unpaired) electrons. The van der Waals surface area contributed by atoms with Gasteiger partial charge in [-0.05, 0) is 41.7 Å². The van der Waals surface area contributed by atoms with Crippen molar-refractivity contribution >= 4 is 21.4 Å². The smallest absolute Gasteiger partial charge is 0.0487 e. The van der Waals surface area contributed by atoms with Crippen molar-refractivity contribution < 1.29 is 0 Å². The zero-order chi connectivity index (χ0) is 13.4. The zero-order valence-corrected chi connectivity index (χ0v) is 12.5. The third-order valence-corrected chi connectivity index (χ3v) is 5.31. The summed E-state index contributed by atoms with van der Waals surface area (Å²) in [7, 11) is 0. The standard InChI is InChI=1S/C16H22N2S/c1-11-7-12(2)18(9-11)15(8-17)14-10-19-16-6-4-3-5-13(14)16/h3-6,10-12,15H,7-9,17H2,1-2H3. The van der Waals surface area contributed by atoms with E-state index < -0.39 is 0 Å². The summed E-state index contributed by atoms with van der Waals surface area (Å²) in [4.78, 5) is 2.60. The van der Waals surface area contributed by atoms with Crippen LogP contribution in [0.4, 0.5) is 0 Å². The molecule has 2 heterocycles. The van der Waals surface area contributed by atoms with E-state index in [2.05, 4.69) is 48.4 Å². The summed E-state index contributed by atoms with van der Waals surface area (Å²) in [6.07, 6.45) is 1.29. The maximum absolute atomic E-state index is 6.11. The molecule has 3 atom stereocenters. The first-order chi connectivity index (χ1) is 9.20. The van der Waals surface area contributed by atoms with Crippen LogP contribution in [0, 0.1) is 5.92 Å². The first kappa shape index (κ1) is 13.1. The predicted octanol–water partition coefficient (Wildman–Crippen LogP) is 3.63. The van der Waals surface area contributed by atoms with Gasteiger partial charge >= 0.3 is 0 Å². The lowest BCUT2D eigenvalue weighted by Gasteiger charge is -2.30. The minimum Gasteiger partial charge on any atom is -0.329 e. The molecular formula is C16H22N2S. The van der Waals surface area contributed by atoms with Crippen molar-refractivity contribution in [3.8, 4) is 0 Å². The fourth-order valence-electron chi connectivity index (χ4n) is 3.46. The molecular weight excluding hydrogens is 252 g/mol. The number of nitrogens with zero attached hydrogens (tertiary/aromatic N) is 1. The van der Waals surface area contributed by atoms with Gasteiger partial charge in [0.25, 0.3) is 0 Å². The minimum absolute atomic E-state index is 0.371. The molecule has 1 fully saturated rings. The maximum atomic E-state index is 6.11. The summed E-state index contributed by atoms with van der Waals surface area (Å²) in [5.41, 5.74) is 7.53. The Morgan fingerprint density at radius 3 is 2.84 bits per heavy atom. The fraction of sp³-hybridized carbons (Fsp3) is 0.500. The Hall–Kier alpha value is -0.900. The molecule has 3 heteroatoms. The molecule has 0 bridgehead atoms. The molecule has 1 saturated heterocycles. The molecule has 1 aromatic carbocycles. The Bertz CT molecular complexity index is 563. The van der Waals surface area contributed by atoms with Crippen LogP contribution in [-0.4, -0.2) is 24.0 Å². The Morgan fingerprint density at radius 2 is 2.16 bits per heavy atom. The van der Waals surface area contributed by atoms with Gasteiger partial charge in [-0.15, -0.1) is 11.3 Å². The molecule has 0 aliphatic carbocycles. The van der Waals surface area contributed by atoms with Crippen LogP contribution in [0.2, 0.25) is 0 Å². The molecule has 0 spiro atoms. The lowest BCUT2D eigenvalue weighted by Crippen LogP contribution is -2.36. The van der Waals surface area contributed by atoms with Crippen molar-refractivity contribution in [2.75, 3.05) is 13.1 Å². The average Bonchev–Trinajstić information content (AvgIpc) is 2.96. The molecule has 3 unspecified atom stereocenters. The van der Waals surface area contributed by atoms with Gasteiger partial charge in [0.05, 0.1) is 0 Å². The van der Waals surface area contributed by atoms with Crippen LogP contribution in [0.1, 0.15) is 31.9 Å². The first-order valence-corrected chi connectivity index (χ1v) is 8.00. The zero-order valence-electron chi connectivity index (χ0n) is 11.7. The van der Waals surface area contributed by atoms with E-state index in [1.54, 1.807) is 0 Å². The molecule has 19 heavy (non-hydrogen) atoms. The van der Waals surface area contributed by atoms with Gasteiger partial charge in [-0.1, -0.05) is 25.1 Å². The summed E-state index contributed by atoms with van der Waals surface area (Å²) in [5, 5.41) is 3.69. The van der Waals surface area contributed by atoms with Crippen LogP contribution >= 0.6 is 11.3 Å². The molecule has 2 nitrogen and oxygen atoms in total. The van der Waals surface area contributed by atoms with Crippen molar-refractivity contribution in [1.29, 1.82) is 0 Å². The molecule has 0 saturated carbocycles. The Morgan fingerprint density at radius 1 is 1.37 bits per heavy atom. The second kappa shape index (κ2) is 5.23. The normalized spacial score (nSPS) is 26.1. The van der Waals surface area contributed by atoms with Crippen molar-refractivity contribution in [1.82, 2.24) is 4.90 Å². The molecule has 0 amide bonds. The largest absolute Gasteiger partial charge is 0.329 e. The van der Waals surface area contributed by atoms with Gasteiger partial charge in [0.15, 0.2) is 0 Å². The summed E-state index contributed by atoms with van der Waals surface area (Å²) >= 11 is 1.84. The van der Waals surface area contributed by atoms with E-state index >= 15 is 0 Å². The maximum Gasteiger partial charge on any atom is 0.0487 e. The van der Waals surface area contributed by atoms with Crippen LogP contribution in [-0.2, 0) is 0 Å². The van der Waals surface area contributed by atoms with Crippen LogP contribution in [0.3, 0.4) is 0 Å². The van der Waals surface area contributed by atoms with E-state index in [0.717, 1.165) is 5.92 Å². The fourth-order valence-corrected chi connectivity index (χ4v) is 4.47. The molecule has 1 aliphatic heterocycles. The third kappa shape index (κ3) is 2.31. The number of hydrogen-bond acceptors (Lipinski definition) is 3. The van der Waals surface area contributed by atoms with Gasteiger partial charge in [-0.25, -0.2) is 0 Å². The summed E-state index contributed by atoms with van der Waals surface area (Å²) < 4.78 is 1.37. The van der Waals surface area contributed by atoms with E-state index in [4.69, 9.17) is 5.73 Å². The van der Waals surface area contributed by atoms with E-state index in [1.807, 2.05) is 11.3 Å². The average molecular weight is 274 g/mol. The van der Waals surface area contributed by atoms with E-state index in [0.29, 0.717) is 18.6 Å². The van der Waals surface area contributed by atoms with Gasteiger partial charge in [0, 0.05) is 29.9 Å². The highest BCUT2D eigenvalue weighted by Crippen LogP contribution is 2.37. The van der Waals surface area contributed by atoms with E-state index in [9.17, 15) is 0 Å². The molecule has 102 valence electrons. The number of hydrogen-bond donors (Lipinski definition) is 1. The number of thiophene rings is 1. The van der Waals surface area contributed by atoms with Crippen LogP contribution in [0.15, 0.2) is 29.6 Å². The Labute approximate surface area is 119 Å². The number of rotatable bonds is 3. The summed E-state index contributed by atoms with van der Waals surface area (Å²) in [6, 6.07) is 9.68. The first-order valence-electron chi connectivity index (χ1n) is 7.12. The van der Waals surface area contributed by atoms with Gasteiger partial charge in [-0.3, -0.25) is 4.90 Å². The topological polar surface area (TPSA) is 29.3 Å². The molecule has 1 aromatic heterocycles. The second-order valence-electron chi connectivity index (χ2n) is 5.83. The highest BCUT2D eigenvalue weighted by atomic mass is 32.1. The van der Waals surface area contributed by atoms with Gasteiger partial charge in [0.1, 0.15) is 0 Å². The number of fused-ring (bicyclic) bond motifs is 1. The highest BCUT2D eigenvalue weighted by molar-refractivity contribution is 7.17. The van der Waals surface area contributed by atoms with E-state index in [-0.39, 0.29) is 0 Å². The van der Waals surface area contributed by atoms with Crippen LogP contribution in [0.25, 0.3) is 10.1 Å². The SMILES string of the molecule is CC1CC(C)N(C(CN)c2csc3ccccc23)C1. The van der Waals surface area contributed by atoms with Crippen molar-refractivity contribution in [2.24, 2.45) is 11.7 Å². The van der Waals surface area contributed by atoms with Gasteiger partial charge in [-0.2, -0.15) is 0 Å².